The maximum Gasteiger partial charge on any atom is 0.398 e. The van der Waals surface area contributed by atoms with Gasteiger partial charge in [0, 0.05) is 18.7 Å². The number of halogens is 4. The number of rotatable bonds is 5. The molecule has 2 heterocycles. The van der Waals surface area contributed by atoms with Crippen LogP contribution in [-0.4, -0.2) is 47.5 Å². The Labute approximate surface area is 212 Å². The van der Waals surface area contributed by atoms with Crippen LogP contribution >= 0.6 is 11.6 Å². The van der Waals surface area contributed by atoms with Crippen LogP contribution in [0.4, 0.5) is 19.0 Å². The molecule has 1 aromatic heterocycles. The maximum atomic E-state index is 14.0. The number of aromatic nitrogens is 2. The standard InChI is InChI=1S/C26H29ClF3N3O3/c1-2-36-24(35)16-10-14-32(15-11-16)22-17-6-3-4-9-20(17)33(31-22)23(34)21-18(7-5-8-19(21)27)25(12-13-25)26(28,29)30/h5,7-8,16H,2-4,6,9-15H2,1H3. The second-order valence-electron chi connectivity index (χ2n) is 9.93. The third-order valence-corrected chi connectivity index (χ3v) is 8.12. The van der Waals surface area contributed by atoms with Crippen LogP contribution in [0.5, 0.6) is 0 Å². The van der Waals surface area contributed by atoms with Gasteiger partial charge in [0.05, 0.1) is 34.2 Å². The van der Waals surface area contributed by atoms with Crippen molar-refractivity contribution in [1.29, 1.82) is 0 Å². The van der Waals surface area contributed by atoms with Gasteiger partial charge in [0.15, 0.2) is 5.82 Å². The van der Waals surface area contributed by atoms with Crippen molar-refractivity contribution in [2.24, 2.45) is 5.92 Å². The van der Waals surface area contributed by atoms with Crippen LogP contribution in [-0.2, 0) is 27.8 Å². The molecule has 5 rings (SSSR count). The monoisotopic (exact) mass is 523 g/mol. The molecule has 0 atom stereocenters. The number of carbonyl (C=O) groups excluding carboxylic acids is 2. The number of esters is 1. The largest absolute Gasteiger partial charge is 0.466 e. The molecule has 2 aliphatic carbocycles. The highest BCUT2D eigenvalue weighted by atomic mass is 35.5. The van der Waals surface area contributed by atoms with Crippen LogP contribution in [0.1, 0.15) is 72.6 Å². The maximum absolute atomic E-state index is 14.0. The van der Waals surface area contributed by atoms with E-state index >= 15 is 0 Å². The minimum atomic E-state index is -4.47. The van der Waals surface area contributed by atoms with Crippen molar-refractivity contribution in [2.45, 2.75) is 69.9 Å². The molecule has 0 unspecified atom stereocenters. The highest BCUT2D eigenvalue weighted by molar-refractivity contribution is 6.34. The van der Waals surface area contributed by atoms with Gasteiger partial charge < -0.3 is 9.64 Å². The van der Waals surface area contributed by atoms with Gasteiger partial charge in [0.2, 0.25) is 0 Å². The Balaban J connectivity index is 1.50. The first-order valence-corrected chi connectivity index (χ1v) is 13.0. The summed E-state index contributed by atoms with van der Waals surface area (Å²) in [6, 6.07) is 4.30. The van der Waals surface area contributed by atoms with Gasteiger partial charge >= 0.3 is 12.1 Å². The van der Waals surface area contributed by atoms with Crippen LogP contribution in [0.2, 0.25) is 5.02 Å². The van der Waals surface area contributed by atoms with E-state index in [9.17, 15) is 22.8 Å². The Hall–Kier alpha value is -2.55. The first-order chi connectivity index (χ1) is 17.2. The second kappa shape index (κ2) is 9.39. The van der Waals surface area contributed by atoms with Crippen molar-refractivity contribution < 1.29 is 27.5 Å². The molecule has 10 heteroatoms. The first-order valence-electron chi connectivity index (χ1n) is 12.6. The molecule has 0 N–H and O–H groups in total. The fourth-order valence-electron chi connectivity index (χ4n) is 5.67. The summed E-state index contributed by atoms with van der Waals surface area (Å²) in [4.78, 5) is 28.1. The molecule has 3 aliphatic rings. The molecule has 0 spiro atoms. The Morgan fingerprint density at radius 3 is 2.50 bits per heavy atom. The Morgan fingerprint density at radius 2 is 1.86 bits per heavy atom. The summed E-state index contributed by atoms with van der Waals surface area (Å²) in [5, 5.41) is 4.69. The predicted molar refractivity (Wildman–Crippen MR) is 129 cm³/mol. The fourth-order valence-corrected chi connectivity index (χ4v) is 5.92. The number of piperidine rings is 1. The van der Waals surface area contributed by atoms with Crippen molar-refractivity contribution in [3.63, 3.8) is 0 Å². The highest BCUT2D eigenvalue weighted by Gasteiger charge is 2.65. The van der Waals surface area contributed by atoms with Gasteiger partial charge in [-0.25, -0.2) is 0 Å². The summed E-state index contributed by atoms with van der Waals surface area (Å²) >= 11 is 6.38. The molecule has 1 aromatic carbocycles. The lowest BCUT2D eigenvalue weighted by Crippen LogP contribution is -2.37. The van der Waals surface area contributed by atoms with Gasteiger partial charge in [-0.2, -0.15) is 17.9 Å². The van der Waals surface area contributed by atoms with Gasteiger partial charge in [0.1, 0.15) is 0 Å². The summed E-state index contributed by atoms with van der Waals surface area (Å²) in [5.74, 6) is -0.281. The number of hydrogen-bond acceptors (Lipinski definition) is 5. The molecule has 36 heavy (non-hydrogen) atoms. The summed E-state index contributed by atoms with van der Waals surface area (Å²) in [7, 11) is 0. The van der Waals surface area contributed by atoms with E-state index in [-0.39, 0.29) is 40.9 Å². The average Bonchev–Trinajstić information content (AvgIpc) is 3.60. The molecule has 1 saturated heterocycles. The van der Waals surface area contributed by atoms with Crippen LogP contribution in [0, 0.1) is 5.92 Å². The highest BCUT2D eigenvalue weighted by Crippen LogP contribution is 2.60. The smallest absolute Gasteiger partial charge is 0.398 e. The zero-order valence-electron chi connectivity index (χ0n) is 20.2. The lowest BCUT2D eigenvalue weighted by molar-refractivity contribution is -0.160. The number of nitrogens with zero attached hydrogens (tertiary/aromatic N) is 3. The molecule has 0 radical (unpaired) electrons. The van der Waals surface area contributed by atoms with E-state index in [2.05, 4.69) is 10.00 Å². The van der Waals surface area contributed by atoms with Crippen molar-refractivity contribution >= 4 is 29.3 Å². The van der Waals surface area contributed by atoms with Crippen molar-refractivity contribution in [3.05, 3.63) is 45.6 Å². The Morgan fingerprint density at radius 1 is 1.17 bits per heavy atom. The fraction of sp³-hybridized carbons (Fsp3) is 0.577. The third-order valence-electron chi connectivity index (χ3n) is 7.80. The number of fused-ring (bicyclic) bond motifs is 1. The van der Waals surface area contributed by atoms with Crippen LogP contribution < -0.4 is 4.90 Å². The van der Waals surface area contributed by atoms with E-state index in [1.165, 1.54) is 22.9 Å². The predicted octanol–water partition coefficient (Wildman–Crippen LogP) is 5.48. The normalized spacial score (nSPS) is 19.6. The summed E-state index contributed by atoms with van der Waals surface area (Å²) in [6.07, 6.45) is -0.149. The Kier molecular flexibility index (Phi) is 6.55. The molecule has 2 aromatic rings. The second-order valence-corrected chi connectivity index (χ2v) is 10.3. The van der Waals surface area contributed by atoms with Gasteiger partial charge in [-0.3, -0.25) is 9.59 Å². The summed E-state index contributed by atoms with van der Waals surface area (Å²) in [5.41, 5.74) is -0.499. The molecule has 194 valence electrons. The molecule has 0 bridgehead atoms. The van der Waals surface area contributed by atoms with Gasteiger partial charge in [-0.1, -0.05) is 23.7 Å². The van der Waals surface area contributed by atoms with E-state index < -0.39 is 17.5 Å². The van der Waals surface area contributed by atoms with Gasteiger partial charge in [-0.05, 0) is 69.9 Å². The number of hydrogen-bond donors (Lipinski definition) is 0. The molecule has 2 fully saturated rings. The third kappa shape index (κ3) is 4.19. The molecular weight excluding hydrogens is 495 g/mol. The van der Waals surface area contributed by atoms with E-state index in [0.29, 0.717) is 44.8 Å². The minimum Gasteiger partial charge on any atom is -0.466 e. The summed E-state index contributed by atoms with van der Waals surface area (Å²) in [6.45, 7) is 3.32. The average molecular weight is 524 g/mol. The first kappa shape index (κ1) is 25.1. The number of anilines is 1. The SMILES string of the molecule is CCOC(=O)C1CCN(c2nn(C(=O)c3c(Cl)cccc3C3(C(F)(F)F)CC3)c3c2CCCC3)CC1. The van der Waals surface area contributed by atoms with Crippen LogP contribution in [0.15, 0.2) is 18.2 Å². The quantitative estimate of drug-likeness (QED) is 0.486. The minimum absolute atomic E-state index is 0.00452. The molecule has 1 aliphatic heterocycles. The Bertz CT molecular complexity index is 1180. The summed E-state index contributed by atoms with van der Waals surface area (Å²) < 4.78 is 48.5. The molecule has 6 nitrogen and oxygen atoms in total. The lowest BCUT2D eigenvalue weighted by Gasteiger charge is -2.32. The number of benzene rings is 1. The van der Waals surface area contributed by atoms with Crippen molar-refractivity contribution in [3.8, 4) is 0 Å². The lowest BCUT2D eigenvalue weighted by atomic mass is 9.90. The van der Waals surface area contributed by atoms with E-state index in [4.69, 9.17) is 16.3 Å². The van der Waals surface area contributed by atoms with Crippen LogP contribution in [0.3, 0.4) is 0 Å². The van der Waals surface area contributed by atoms with Gasteiger partial charge in [-0.15, -0.1) is 5.10 Å². The molecule has 1 saturated carbocycles. The number of alkyl halides is 3. The van der Waals surface area contributed by atoms with Crippen LogP contribution in [0.25, 0.3) is 0 Å². The number of carbonyl (C=O) groups is 2. The van der Waals surface area contributed by atoms with E-state index in [1.54, 1.807) is 6.92 Å². The van der Waals surface area contributed by atoms with Gasteiger partial charge in [0.25, 0.3) is 5.91 Å². The van der Waals surface area contributed by atoms with E-state index in [0.717, 1.165) is 30.5 Å². The molecule has 0 amide bonds. The number of ether oxygens (including phenoxy) is 1. The van der Waals surface area contributed by atoms with Crippen molar-refractivity contribution in [1.82, 2.24) is 9.78 Å². The topological polar surface area (TPSA) is 64.4 Å². The zero-order valence-corrected chi connectivity index (χ0v) is 20.9. The molecular formula is C26H29ClF3N3O3. The van der Waals surface area contributed by atoms with Crippen molar-refractivity contribution in [2.75, 3.05) is 24.6 Å². The zero-order chi connectivity index (χ0) is 25.7. The van der Waals surface area contributed by atoms with E-state index in [1.807, 2.05) is 0 Å².